The molecule has 4 rings (SSSR count). The zero-order valence-electron chi connectivity index (χ0n) is 25.8. The van der Waals surface area contributed by atoms with Crippen molar-refractivity contribution in [2.24, 2.45) is 5.11 Å². The SMILES string of the molecule is Cc1ccc(N(CC(=O)O)CC(=O)O)c(OCCOc2cc3c(N=[N+]=[N-])c(C(=O)c4ccccc4)oc3cc2N(CC(=O)O)CC(=O)O)c1. The first kappa shape index (κ1) is 35.1. The third kappa shape index (κ3) is 8.96. The van der Waals surface area contributed by atoms with E-state index in [0.29, 0.717) is 0 Å². The molecule has 0 unspecified atom stereocenters. The highest BCUT2D eigenvalue weighted by Gasteiger charge is 2.26. The van der Waals surface area contributed by atoms with Crippen LogP contribution in [-0.4, -0.2) is 89.5 Å². The summed E-state index contributed by atoms with van der Waals surface area (Å²) in [7, 11) is 0. The van der Waals surface area contributed by atoms with Crippen molar-refractivity contribution < 1.29 is 58.3 Å². The van der Waals surface area contributed by atoms with Crippen LogP contribution in [0, 0.1) is 6.92 Å². The number of furan rings is 1. The lowest BCUT2D eigenvalue weighted by Crippen LogP contribution is -2.35. The lowest BCUT2D eigenvalue weighted by molar-refractivity contribution is -0.138. The Kier molecular flexibility index (Phi) is 11.3. The highest BCUT2D eigenvalue weighted by atomic mass is 16.5. The zero-order valence-corrected chi connectivity index (χ0v) is 25.8. The van der Waals surface area contributed by atoms with E-state index in [1.54, 1.807) is 37.3 Å². The number of azide groups is 1. The molecule has 0 atom stereocenters. The Morgan fingerprint density at radius 1 is 0.755 bits per heavy atom. The van der Waals surface area contributed by atoms with Gasteiger partial charge in [-0.3, -0.25) is 24.0 Å². The van der Waals surface area contributed by atoms with E-state index in [2.05, 4.69) is 10.0 Å². The third-order valence-electron chi connectivity index (χ3n) is 6.83. The van der Waals surface area contributed by atoms with Gasteiger partial charge in [-0.15, -0.1) is 0 Å². The number of aliphatic carboxylic acids is 4. The third-order valence-corrected chi connectivity index (χ3v) is 6.83. The van der Waals surface area contributed by atoms with Gasteiger partial charge in [0.25, 0.3) is 0 Å². The van der Waals surface area contributed by atoms with Gasteiger partial charge < -0.3 is 44.1 Å². The van der Waals surface area contributed by atoms with Crippen molar-refractivity contribution in [1.29, 1.82) is 0 Å². The molecule has 0 spiro atoms. The van der Waals surface area contributed by atoms with E-state index in [4.69, 9.17) is 13.9 Å². The van der Waals surface area contributed by atoms with E-state index in [0.717, 1.165) is 15.4 Å². The number of carboxylic acids is 4. The Morgan fingerprint density at radius 2 is 1.29 bits per heavy atom. The highest BCUT2D eigenvalue weighted by molar-refractivity contribution is 6.14. The first-order valence-corrected chi connectivity index (χ1v) is 14.4. The Bertz CT molecular complexity index is 1920. The molecule has 0 fully saturated rings. The maximum Gasteiger partial charge on any atom is 0.323 e. The number of hydrogen-bond donors (Lipinski definition) is 4. The number of ether oxygens (including phenoxy) is 2. The zero-order chi connectivity index (χ0) is 35.7. The number of rotatable bonds is 18. The maximum absolute atomic E-state index is 13.3. The van der Waals surface area contributed by atoms with Gasteiger partial charge in [0.05, 0.1) is 17.1 Å². The fourth-order valence-electron chi connectivity index (χ4n) is 4.89. The summed E-state index contributed by atoms with van der Waals surface area (Å²) in [4.78, 5) is 64.5. The molecule has 0 aliphatic rings. The Balaban J connectivity index is 1.72. The monoisotopic (exact) mass is 675 g/mol. The Labute approximate surface area is 276 Å². The van der Waals surface area contributed by atoms with Crippen molar-refractivity contribution in [2.45, 2.75) is 6.92 Å². The lowest BCUT2D eigenvalue weighted by atomic mass is 10.1. The fourth-order valence-corrected chi connectivity index (χ4v) is 4.89. The first-order chi connectivity index (χ1) is 23.4. The minimum atomic E-state index is -1.36. The van der Waals surface area contributed by atoms with E-state index in [1.165, 1.54) is 30.3 Å². The number of anilines is 2. The maximum atomic E-state index is 13.3. The topological polar surface area (TPSA) is 253 Å². The van der Waals surface area contributed by atoms with Crippen molar-refractivity contribution >= 4 is 57.7 Å². The first-order valence-electron chi connectivity index (χ1n) is 14.4. The van der Waals surface area contributed by atoms with Crippen molar-refractivity contribution in [1.82, 2.24) is 0 Å². The molecule has 17 heteroatoms. The number of nitrogens with zero attached hydrogens (tertiary/aromatic N) is 5. The molecule has 254 valence electrons. The molecule has 4 N–H and O–H groups in total. The quantitative estimate of drug-likeness (QED) is 0.0377. The normalized spacial score (nSPS) is 10.6. The van der Waals surface area contributed by atoms with Crippen LogP contribution in [0.3, 0.4) is 0 Å². The van der Waals surface area contributed by atoms with E-state index in [1.807, 2.05) is 0 Å². The van der Waals surface area contributed by atoms with Crippen LogP contribution in [0.4, 0.5) is 17.1 Å². The average molecular weight is 676 g/mol. The summed E-state index contributed by atoms with van der Waals surface area (Å²) in [6, 6.07) is 15.3. The second-order valence-electron chi connectivity index (χ2n) is 10.4. The molecule has 49 heavy (non-hydrogen) atoms. The summed E-state index contributed by atoms with van der Waals surface area (Å²) in [5.41, 5.74) is 10.2. The molecule has 0 bridgehead atoms. The molecule has 0 aliphatic carbocycles. The molecular weight excluding hydrogens is 646 g/mol. The van der Waals surface area contributed by atoms with Gasteiger partial charge in [-0.1, -0.05) is 41.5 Å². The Hall–Kier alpha value is -6.74. The molecule has 0 saturated heterocycles. The minimum absolute atomic E-state index is 0.0255. The number of hydrogen-bond acceptors (Lipinski definition) is 11. The number of fused-ring (bicyclic) bond motifs is 1. The molecule has 0 saturated carbocycles. The summed E-state index contributed by atoms with van der Waals surface area (Å²) in [5, 5.41) is 41.5. The van der Waals surface area contributed by atoms with Crippen molar-refractivity contribution in [3.8, 4) is 11.5 Å². The van der Waals surface area contributed by atoms with E-state index in [-0.39, 0.29) is 64.1 Å². The lowest BCUT2D eigenvalue weighted by Gasteiger charge is -2.25. The van der Waals surface area contributed by atoms with E-state index < -0.39 is 55.8 Å². The summed E-state index contributed by atoms with van der Waals surface area (Å²) in [6.45, 7) is -1.48. The van der Waals surface area contributed by atoms with Crippen LogP contribution in [0.2, 0.25) is 0 Å². The van der Waals surface area contributed by atoms with Crippen LogP contribution in [0.1, 0.15) is 21.7 Å². The number of benzene rings is 3. The van der Waals surface area contributed by atoms with Crippen molar-refractivity contribution in [2.75, 3.05) is 49.2 Å². The molecule has 0 aliphatic heterocycles. The number of carbonyl (C=O) groups is 5. The molecule has 4 aromatic rings. The van der Waals surface area contributed by atoms with Crippen LogP contribution >= 0.6 is 0 Å². The highest BCUT2D eigenvalue weighted by Crippen LogP contribution is 2.42. The van der Waals surface area contributed by atoms with Gasteiger partial charge in [0, 0.05) is 21.9 Å². The largest absolute Gasteiger partial charge is 0.488 e. The standard InChI is InChI=1S/C32H29N5O12/c1-18-7-8-21(36(14-26(38)39)15-27(40)41)24(11-18)47-9-10-48-25-12-20-23(13-22(25)37(16-28(42)43)17-29(44)45)49-32(30(20)34-35-33)31(46)19-5-3-2-4-6-19/h2-8,11-13H,9-10,14-17H2,1H3,(H,38,39)(H,40,41)(H,42,43)(H,44,45). The van der Waals surface area contributed by atoms with Gasteiger partial charge in [0.15, 0.2) is 5.76 Å². The van der Waals surface area contributed by atoms with Gasteiger partial charge >= 0.3 is 23.9 Å². The number of carbonyl (C=O) groups excluding carboxylic acids is 1. The van der Waals surface area contributed by atoms with E-state index >= 15 is 0 Å². The van der Waals surface area contributed by atoms with Gasteiger partial charge in [0.2, 0.25) is 5.78 Å². The number of carboxylic acid groups (broad SMARTS) is 4. The fraction of sp³-hybridized carbons (Fsp3) is 0.219. The molecule has 0 radical (unpaired) electrons. The molecule has 1 heterocycles. The molecule has 17 nitrogen and oxygen atoms in total. The van der Waals surface area contributed by atoms with Crippen LogP contribution in [0.5, 0.6) is 11.5 Å². The average Bonchev–Trinajstić information content (AvgIpc) is 3.38. The predicted octanol–water partition coefficient (Wildman–Crippen LogP) is 4.32. The van der Waals surface area contributed by atoms with Crippen LogP contribution in [0.25, 0.3) is 21.4 Å². The van der Waals surface area contributed by atoms with Crippen molar-refractivity contribution in [3.05, 3.63) is 88.0 Å². The smallest absolute Gasteiger partial charge is 0.323 e. The molecule has 3 aromatic carbocycles. The summed E-state index contributed by atoms with van der Waals surface area (Å²) in [6.07, 6.45) is 0. The summed E-state index contributed by atoms with van der Waals surface area (Å²) in [5.74, 6) is -6.09. The predicted molar refractivity (Wildman–Crippen MR) is 172 cm³/mol. The van der Waals surface area contributed by atoms with Gasteiger partial charge in [-0.2, -0.15) is 0 Å². The molecule has 0 amide bonds. The van der Waals surface area contributed by atoms with Crippen LogP contribution < -0.4 is 19.3 Å². The number of ketones is 1. The van der Waals surface area contributed by atoms with Crippen molar-refractivity contribution in [3.63, 3.8) is 0 Å². The van der Waals surface area contributed by atoms with Gasteiger partial charge in [-0.05, 0) is 36.2 Å². The van der Waals surface area contributed by atoms with E-state index in [9.17, 15) is 49.9 Å². The van der Waals surface area contributed by atoms with Crippen LogP contribution in [0.15, 0.2) is 70.2 Å². The van der Waals surface area contributed by atoms with Gasteiger partial charge in [-0.25, -0.2) is 0 Å². The molecule has 1 aromatic heterocycles. The minimum Gasteiger partial charge on any atom is -0.488 e. The summed E-state index contributed by atoms with van der Waals surface area (Å²) >= 11 is 0. The second-order valence-corrected chi connectivity index (χ2v) is 10.4. The summed E-state index contributed by atoms with van der Waals surface area (Å²) < 4.78 is 17.6. The molecular formula is C32H29N5O12. The second kappa shape index (κ2) is 15.7. The van der Waals surface area contributed by atoms with Gasteiger partial charge in [0.1, 0.15) is 56.5 Å². The van der Waals surface area contributed by atoms with Crippen LogP contribution in [-0.2, 0) is 19.2 Å². The Morgan fingerprint density at radius 3 is 1.82 bits per heavy atom. The number of aryl methyl sites for hydroxylation is 1.